The van der Waals surface area contributed by atoms with Gasteiger partial charge in [0.15, 0.2) is 37.2 Å². The normalized spacial score (nSPS) is 35.5. The molecule has 3 saturated heterocycles. The Bertz CT molecular complexity index is 2180. The maximum Gasteiger partial charge on any atom is 0.303 e. The molecule has 19 atom stereocenters. The van der Waals surface area contributed by atoms with Crippen molar-refractivity contribution in [3.63, 3.8) is 0 Å². The summed E-state index contributed by atoms with van der Waals surface area (Å²) in [4.78, 5) is 88.6. The first-order valence-electron chi connectivity index (χ1n) is 20.7. The largest absolute Gasteiger partial charge is 0.463 e. The van der Waals surface area contributed by atoms with Crippen LogP contribution in [0.25, 0.3) is 52.2 Å². The van der Waals surface area contributed by atoms with Crippen molar-refractivity contribution in [2.24, 2.45) is 25.6 Å². The van der Waals surface area contributed by atoms with Crippen LogP contribution in [0.3, 0.4) is 0 Å². The standard InChI is InChI=1S/C35H47N15O20/c1-11(52)59-10-21-28(69-34-23(45-50-40)30(63-15(5)56)27(61-13(3)54)19(65-34)8-41-46-36)32(64-16(6)57)35(67-21)70-31-25(60-12(2)53)17(42-47-37)7-18(43-48-38)26(31)68-33-22(44-49-39)29(62-14(4)55)24(58)20(9-51)66-33/h17-35,51,58H,7-10H2,1-6H3/t17?,18?,19?,20?,21-,22?,23?,24-,25?,26?,27?,28?,29?,30?,31?,32?,33?,34-,35?/m1/s1. The average molecular weight is 998 g/mol. The molecule has 3 aliphatic heterocycles. The lowest BCUT2D eigenvalue weighted by Crippen LogP contribution is -2.64. The summed E-state index contributed by atoms with van der Waals surface area (Å²) in [5.41, 5.74) is 47.7. The van der Waals surface area contributed by atoms with Gasteiger partial charge in [0.05, 0.1) is 31.3 Å². The van der Waals surface area contributed by atoms with Crippen molar-refractivity contribution in [3.8, 4) is 0 Å². The quantitative estimate of drug-likeness (QED) is 0.0571. The van der Waals surface area contributed by atoms with E-state index < -0.39 is 178 Å². The van der Waals surface area contributed by atoms with Crippen LogP contribution in [0.2, 0.25) is 0 Å². The van der Waals surface area contributed by atoms with Crippen LogP contribution >= 0.6 is 0 Å². The second-order valence-electron chi connectivity index (χ2n) is 15.4. The number of carbonyl (C=O) groups excluding carboxylic acids is 6. The second kappa shape index (κ2) is 26.1. The molecule has 0 aromatic rings. The molecule has 4 rings (SSSR count). The Kier molecular flexibility index (Phi) is 20.8. The van der Waals surface area contributed by atoms with Gasteiger partial charge in [-0.15, -0.1) is 0 Å². The van der Waals surface area contributed by atoms with Gasteiger partial charge in [-0.3, -0.25) is 28.8 Å². The van der Waals surface area contributed by atoms with Gasteiger partial charge in [-0.1, -0.05) is 25.6 Å². The fourth-order valence-corrected chi connectivity index (χ4v) is 8.03. The maximum atomic E-state index is 12.9. The molecule has 35 heteroatoms. The summed E-state index contributed by atoms with van der Waals surface area (Å²) in [5.74, 6) is -5.84. The Morgan fingerprint density at radius 1 is 0.500 bits per heavy atom. The Morgan fingerprint density at radius 3 is 1.46 bits per heavy atom. The van der Waals surface area contributed by atoms with Crippen molar-refractivity contribution in [2.45, 2.75) is 164 Å². The molecule has 382 valence electrons. The van der Waals surface area contributed by atoms with E-state index in [1.54, 1.807) is 0 Å². The molecule has 2 N–H and O–H groups in total. The summed E-state index contributed by atoms with van der Waals surface area (Å²) in [6, 6.07) is -6.55. The molecule has 0 bridgehead atoms. The zero-order chi connectivity index (χ0) is 51.8. The highest BCUT2D eigenvalue weighted by molar-refractivity contribution is 5.68. The second-order valence-corrected chi connectivity index (χ2v) is 15.4. The third-order valence-electron chi connectivity index (χ3n) is 10.5. The number of aliphatic hydroxyl groups excluding tert-OH is 2. The van der Waals surface area contributed by atoms with E-state index in [0.29, 0.717) is 0 Å². The lowest BCUT2D eigenvalue weighted by Gasteiger charge is -2.48. The molecule has 35 nitrogen and oxygen atoms in total. The lowest BCUT2D eigenvalue weighted by molar-refractivity contribution is -0.312. The highest BCUT2D eigenvalue weighted by Gasteiger charge is 2.59. The Balaban J connectivity index is 1.92. The van der Waals surface area contributed by atoms with Crippen molar-refractivity contribution in [2.75, 3.05) is 19.8 Å². The number of hydrogen-bond donors (Lipinski definition) is 2. The minimum Gasteiger partial charge on any atom is -0.463 e. The number of esters is 6. The zero-order valence-electron chi connectivity index (χ0n) is 37.7. The van der Waals surface area contributed by atoms with Crippen LogP contribution in [0.5, 0.6) is 0 Å². The highest BCUT2D eigenvalue weighted by Crippen LogP contribution is 2.40. The van der Waals surface area contributed by atoms with E-state index in [9.17, 15) is 61.1 Å². The zero-order valence-corrected chi connectivity index (χ0v) is 37.7. The van der Waals surface area contributed by atoms with Gasteiger partial charge in [0.25, 0.3) is 0 Å². The number of carbonyl (C=O) groups is 6. The van der Waals surface area contributed by atoms with Gasteiger partial charge in [-0.2, -0.15) is 0 Å². The van der Waals surface area contributed by atoms with Crippen LogP contribution in [0.4, 0.5) is 0 Å². The van der Waals surface area contributed by atoms with Crippen LogP contribution in [-0.2, 0) is 85.6 Å². The van der Waals surface area contributed by atoms with E-state index in [0.717, 1.165) is 41.5 Å². The van der Waals surface area contributed by atoms with Crippen molar-refractivity contribution in [1.82, 2.24) is 0 Å². The average Bonchev–Trinajstić information content (AvgIpc) is 3.58. The number of ether oxygens (including phenoxy) is 12. The van der Waals surface area contributed by atoms with Crippen LogP contribution in [0.1, 0.15) is 48.0 Å². The predicted octanol–water partition coefficient (Wildman–Crippen LogP) is 1.32. The SMILES string of the molecule is CC(=O)OC[C@H]1OC(OC2C(OC(C)=O)C(N=[N+]=[N-])CC(N=[N+]=[N-])C2OC2OC(CO)[C@@H](O)C(OC(C)=O)C2N=[N+]=[N-])C(OC(C)=O)C1O[C@H]1OC(CN=[N+]=[N-])C(OC(C)=O)C(OC(C)=O)C1N=[N+]=[N-]. The van der Waals surface area contributed by atoms with Crippen LogP contribution in [0.15, 0.2) is 25.6 Å². The van der Waals surface area contributed by atoms with Gasteiger partial charge >= 0.3 is 35.8 Å². The van der Waals surface area contributed by atoms with Gasteiger partial charge in [-0.05, 0) is 34.1 Å². The molecule has 4 aliphatic rings. The highest BCUT2D eigenvalue weighted by atomic mass is 16.8. The van der Waals surface area contributed by atoms with Crippen molar-refractivity contribution < 1.29 is 95.8 Å². The molecule has 0 aromatic heterocycles. The summed E-state index contributed by atoms with van der Waals surface area (Å²) >= 11 is 0. The Labute approximate surface area is 393 Å². The number of nitrogens with zero attached hydrogens (tertiary/aromatic N) is 15. The number of rotatable bonds is 20. The molecule has 0 spiro atoms. The molecule has 0 aromatic carbocycles. The summed E-state index contributed by atoms with van der Waals surface area (Å²) in [6.45, 7) is 3.56. The monoisotopic (exact) mass is 997 g/mol. The van der Waals surface area contributed by atoms with Gasteiger partial charge in [0, 0.05) is 66.1 Å². The third kappa shape index (κ3) is 14.3. The molecule has 4 fully saturated rings. The van der Waals surface area contributed by atoms with Gasteiger partial charge in [0.1, 0.15) is 67.5 Å². The minimum absolute atomic E-state index is 0.469. The van der Waals surface area contributed by atoms with E-state index in [1.165, 1.54) is 0 Å². The number of aliphatic hydroxyl groups is 2. The van der Waals surface area contributed by atoms with Gasteiger partial charge in [-0.25, -0.2) is 0 Å². The first-order chi connectivity index (χ1) is 33.3. The van der Waals surface area contributed by atoms with E-state index in [1.807, 2.05) is 0 Å². The van der Waals surface area contributed by atoms with Crippen molar-refractivity contribution >= 4 is 35.8 Å². The molecular weight excluding hydrogens is 950 g/mol. The van der Waals surface area contributed by atoms with E-state index >= 15 is 0 Å². The summed E-state index contributed by atoms with van der Waals surface area (Å²) in [5, 5.41) is 39.3. The van der Waals surface area contributed by atoms with Crippen molar-refractivity contribution in [1.29, 1.82) is 0 Å². The van der Waals surface area contributed by atoms with Gasteiger partial charge < -0.3 is 67.1 Å². The van der Waals surface area contributed by atoms with E-state index in [2.05, 4.69) is 50.1 Å². The molecule has 1 saturated carbocycles. The fourth-order valence-electron chi connectivity index (χ4n) is 8.03. The fraction of sp³-hybridized carbons (Fsp3) is 0.829. The molecular formula is C35H47N15O20. The molecule has 3 heterocycles. The molecule has 70 heavy (non-hydrogen) atoms. The van der Waals surface area contributed by atoms with E-state index in [-0.39, 0.29) is 0 Å². The Hall–Kier alpha value is -6.95. The molecule has 16 unspecified atom stereocenters. The summed E-state index contributed by atoms with van der Waals surface area (Å²) in [6.07, 6.45) is -27.1. The topological polar surface area (TPSA) is 497 Å². The number of hydrogen-bond acceptors (Lipinski definition) is 25. The molecule has 0 amide bonds. The summed E-state index contributed by atoms with van der Waals surface area (Å²) < 4.78 is 69.6. The minimum atomic E-state index is -2.01. The maximum absolute atomic E-state index is 12.9. The van der Waals surface area contributed by atoms with Crippen LogP contribution in [-0.4, -0.2) is 182 Å². The molecule has 1 aliphatic carbocycles. The third-order valence-corrected chi connectivity index (χ3v) is 10.5. The smallest absolute Gasteiger partial charge is 0.303 e. The first kappa shape index (κ1) is 55.6. The number of azide groups is 5. The van der Waals surface area contributed by atoms with Gasteiger partial charge in [0.2, 0.25) is 0 Å². The first-order valence-corrected chi connectivity index (χ1v) is 20.7. The van der Waals surface area contributed by atoms with Crippen molar-refractivity contribution in [3.05, 3.63) is 52.2 Å². The predicted molar refractivity (Wildman–Crippen MR) is 218 cm³/mol. The lowest BCUT2D eigenvalue weighted by atomic mass is 9.83. The molecule has 0 radical (unpaired) electrons. The summed E-state index contributed by atoms with van der Waals surface area (Å²) in [7, 11) is 0. The Morgan fingerprint density at radius 2 is 0.943 bits per heavy atom. The van der Waals surface area contributed by atoms with Crippen LogP contribution in [0, 0.1) is 0 Å². The van der Waals surface area contributed by atoms with E-state index in [4.69, 9.17) is 62.4 Å². The van der Waals surface area contributed by atoms with Crippen LogP contribution < -0.4 is 0 Å².